The third kappa shape index (κ3) is 4.16. The minimum absolute atomic E-state index is 0.00620. The topological polar surface area (TPSA) is 78.9 Å². The summed E-state index contributed by atoms with van der Waals surface area (Å²) in [7, 11) is 0. The fourth-order valence-corrected chi connectivity index (χ4v) is 3.13. The van der Waals surface area contributed by atoms with E-state index in [0.717, 1.165) is 12.8 Å². The van der Waals surface area contributed by atoms with E-state index in [1.165, 1.54) is 6.20 Å². The zero-order valence-corrected chi connectivity index (χ0v) is 12.5. The second kappa shape index (κ2) is 5.36. The molecule has 20 heavy (non-hydrogen) atoms. The maximum absolute atomic E-state index is 12.0. The van der Waals surface area contributed by atoms with Gasteiger partial charge < -0.3 is 10.6 Å². The van der Waals surface area contributed by atoms with E-state index in [-0.39, 0.29) is 23.2 Å². The third-order valence-corrected chi connectivity index (χ3v) is 3.33. The average Bonchev–Trinajstić information content (AvgIpc) is 2.25. The van der Waals surface area contributed by atoms with Crippen LogP contribution < -0.4 is 16.0 Å². The van der Waals surface area contributed by atoms with Gasteiger partial charge in [-0.15, -0.1) is 0 Å². The molecule has 0 radical (unpaired) electrons. The third-order valence-electron chi connectivity index (χ3n) is 3.33. The van der Waals surface area contributed by atoms with Crippen LogP contribution in [0.1, 0.15) is 40.5 Å². The summed E-state index contributed by atoms with van der Waals surface area (Å²) in [5.74, 6) is 0.456. The number of urea groups is 1. The molecule has 0 spiro atoms. The van der Waals surface area contributed by atoms with Gasteiger partial charge in [-0.05, 0) is 40.5 Å². The van der Waals surface area contributed by atoms with Gasteiger partial charge in [0.1, 0.15) is 0 Å². The quantitative estimate of drug-likeness (QED) is 0.771. The molecule has 6 heteroatoms. The molecule has 6 nitrogen and oxygen atoms in total. The molecule has 3 N–H and O–H groups in total. The lowest BCUT2D eigenvalue weighted by Gasteiger charge is -2.46. The number of hydrogen-bond acceptors (Lipinski definition) is 4. The Kier molecular flexibility index (Phi) is 3.94. The first-order chi connectivity index (χ1) is 9.26. The standard InChI is InChI=1S/C14H23N5O/c1-13(2)7-10(8-14(3,4)19-13)17-12(20)18-11-9-15-5-6-16-11/h5-6,9-10,19H,7-8H2,1-4H3,(H2,16,17,18,20). The summed E-state index contributed by atoms with van der Waals surface area (Å²) in [5, 5.41) is 9.31. The van der Waals surface area contributed by atoms with Crippen molar-refractivity contribution in [3.05, 3.63) is 18.6 Å². The van der Waals surface area contributed by atoms with Crippen LogP contribution in [0.2, 0.25) is 0 Å². The number of nitrogens with one attached hydrogen (secondary N) is 3. The molecule has 2 heterocycles. The van der Waals surface area contributed by atoms with E-state index >= 15 is 0 Å². The predicted octanol–water partition coefficient (Wildman–Crippen LogP) is 1.91. The molecule has 0 bridgehead atoms. The maximum Gasteiger partial charge on any atom is 0.320 e. The van der Waals surface area contributed by atoms with Crippen molar-refractivity contribution in [2.45, 2.75) is 57.7 Å². The molecule has 1 saturated heterocycles. The summed E-state index contributed by atoms with van der Waals surface area (Å²) in [6.45, 7) is 8.62. The molecule has 110 valence electrons. The summed E-state index contributed by atoms with van der Waals surface area (Å²) in [4.78, 5) is 19.9. The van der Waals surface area contributed by atoms with Crippen molar-refractivity contribution in [1.29, 1.82) is 0 Å². The normalized spacial score (nSPS) is 21.2. The fourth-order valence-electron chi connectivity index (χ4n) is 3.13. The molecule has 2 rings (SSSR count). The Hall–Kier alpha value is -1.69. The molecule has 0 unspecified atom stereocenters. The lowest BCUT2D eigenvalue weighted by molar-refractivity contribution is 0.149. The van der Waals surface area contributed by atoms with Crippen LogP contribution in [0.15, 0.2) is 18.6 Å². The number of piperidine rings is 1. The monoisotopic (exact) mass is 277 g/mol. The lowest BCUT2D eigenvalue weighted by atomic mass is 9.80. The Bertz CT molecular complexity index is 456. The van der Waals surface area contributed by atoms with Gasteiger partial charge in [0.25, 0.3) is 0 Å². The molecule has 0 saturated carbocycles. The van der Waals surface area contributed by atoms with E-state index in [1.54, 1.807) is 12.4 Å². The van der Waals surface area contributed by atoms with Crippen molar-refractivity contribution in [1.82, 2.24) is 20.6 Å². The molecule has 1 aromatic heterocycles. The van der Waals surface area contributed by atoms with Crippen LogP contribution in [0.4, 0.5) is 10.6 Å². The average molecular weight is 277 g/mol. The van der Waals surface area contributed by atoms with Crippen LogP contribution in [0.3, 0.4) is 0 Å². The van der Waals surface area contributed by atoms with Gasteiger partial charge in [0.05, 0.1) is 6.20 Å². The molecule has 1 fully saturated rings. The molecule has 2 amide bonds. The van der Waals surface area contributed by atoms with Gasteiger partial charge in [-0.2, -0.15) is 0 Å². The Morgan fingerprint density at radius 3 is 2.45 bits per heavy atom. The number of rotatable bonds is 2. The predicted molar refractivity (Wildman–Crippen MR) is 78.5 cm³/mol. The van der Waals surface area contributed by atoms with Crippen molar-refractivity contribution in [2.75, 3.05) is 5.32 Å². The van der Waals surface area contributed by atoms with Gasteiger partial charge >= 0.3 is 6.03 Å². The number of nitrogens with zero attached hydrogens (tertiary/aromatic N) is 2. The highest BCUT2D eigenvalue weighted by Crippen LogP contribution is 2.28. The van der Waals surface area contributed by atoms with Crippen LogP contribution in [0.25, 0.3) is 0 Å². The van der Waals surface area contributed by atoms with Crippen LogP contribution >= 0.6 is 0 Å². The highest BCUT2D eigenvalue weighted by Gasteiger charge is 2.38. The maximum atomic E-state index is 12.0. The van der Waals surface area contributed by atoms with Gasteiger partial charge in [0.2, 0.25) is 0 Å². The smallest absolute Gasteiger partial charge is 0.320 e. The van der Waals surface area contributed by atoms with Gasteiger partial charge in [0, 0.05) is 29.5 Å². The molecule has 0 atom stereocenters. The number of hydrogen-bond donors (Lipinski definition) is 3. The number of amides is 2. The highest BCUT2D eigenvalue weighted by atomic mass is 16.2. The first kappa shape index (κ1) is 14.7. The zero-order chi connectivity index (χ0) is 14.8. The van der Waals surface area contributed by atoms with Crippen molar-refractivity contribution < 1.29 is 4.79 Å². The van der Waals surface area contributed by atoms with E-state index < -0.39 is 0 Å². The molecule has 1 aliphatic rings. The van der Waals surface area contributed by atoms with Gasteiger partial charge in [0.15, 0.2) is 5.82 Å². The van der Waals surface area contributed by atoms with Gasteiger partial charge in [-0.25, -0.2) is 9.78 Å². The summed E-state index contributed by atoms with van der Waals surface area (Å²) < 4.78 is 0. The zero-order valence-electron chi connectivity index (χ0n) is 12.5. The van der Waals surface area contributed by atoms with E-state index in [9.17, 15) is 4.79 Å². The van der Waals surface area contributed by atoms with E-state index in [0.29, 0.717) is 5.82 Å². The number of aromatic nitrogens is 2. The van der Waals surface area contributed by atoms with Crippen molar-refractivity contribution in [3.8, 4) is 0 Å². The molecule has 1 aromatic rings. The minimum Gasteiger partial charge on any atom is -0.335 e. The molecular formula is C14H23N5O. The van der Waals surface area contributed by atoms with Crippen molar-refractivity contribution in [3.63, 3.8) is 0 Å². The number of carbonyl (C=O) groups is 1. The second-order valence-corrected chi connectivity index (χ2v) is 6.69. The number of carbonyl (C=O) groups excluding carboxylic acids is 1. The molecule has 0 aliphatic carbocycles. The first-order valence-electron chi connectivity index (χ1n) is 6.89. The second-order valence-electron chi connectivity index (χ2n) is 6.69. The molecule has 1 aliphatic heterocycles. The SMILES string of the molecule is CC1(C)CC(NC(=O)Nc2cnccn2)CC(C)(C)N1. The minimum atomic E-state index is -0.232. The van der Waals surface area contributed by atoms with Crippen LogP contribution in [-0.4, -0.2) is 33.1 Å². The molecular weight excluding hydrogens is 254 g/mol. The van der Waals surface area contributed by atoms with Gasteiger partial charge in [-0.1, -0.05) is 0 Å². The van der Waals surface area contributed by atoms with Crippen LogP contribution in [0.5, 0.6) is 0 Å². The van der Waals surface area contributed by atoms with E-state index in [2.05, 4.69) is 53.6 Å². The Labute approximate surface area is 119 Å². The summed E-state index contributed by atoms with van der Waals surface area (Å²) in [6.07, 6.45) is 6.43. The molecule has 0 aromatic carbocycles. The lowest BCUT2D eigenvalue weighted by Crippen LogP contribution is -2.62. The Balaban J connectivity index is 1.94. The van der Waals surface area contributed by atoms with E-state index in [1.807, 2.05) is 0 Å². The Morgan fingerprint density at radius 1 is 1.25 bits per heavy atom. The van der Waals surface area contributed by atoms with Crippen LogP contribution in [-0.2, 0) is 0 Å². The summed E-state index contributed by atoms with van der Waals surface area (Å²) in [5.41, 5.74) is 0.0124. The first-order valence-corrected chi connectivity index (χ1v) is 6.89. The number of anilines is 1. The van der Waals surface area contributed by atoms with Gasteiger partial charge in [-0.3, -0.25) is 10.3 Å². The summed E-state index contributed by atoms with van der Waals surface area (Å²) in [6, 6.07) is -0.0954. The van der Waals surface area contributed by atoms with Crippen molar-refractivity contribution in [2.24, 2.45) is 0 Å². The van der Waals surface area contributed by atoms with Crippen LogP contribution in [0, 0.1) is 0 Å². The highest BCUT2D eigenvalue weighted by molar-refractivity contribution is 5.88. The largest absolute Gasteiger partial charge is 0.335 e. The Morgan fingerprint density at radius 2 is 1.90 bits per heavy atom. The summed E-state index contributed by atoms with van der Waals surface area (Å²) >= 11 is 0. The van der Waals surface area contributed by atoms with Crippen molar-refractivity contribution >= 4 is 11.8 Å². The van der Waals surface area contributed by atoms with E-state index in [4.69, 9.17) is 0 Å². The fraction of sp³-hybridized carbons (Fsp3) is 0.643.